The molecule has 2 fully saturated rings. The van der Waals surface area contributed by atoms with Gasteiger partial charge in [-0.25, -0.2) is 0 Å². The average Bonchev–Trinajstić information content (AvgIpc) is 2.97. The first-order valence-electron chi connectivity index (χ1n) is 6.91. The van der Waals surface area contributed by atoms with E-state index in [0.717, 1.165) is 30.3 Å². The van der Waals surface area contributed by atoms with Crippen molar-refractivity contribution in [3.05, 3.63) is 11.6 Å². The van der Waals surface area contributed by atoms with E-state index in [0.29, 0.717) is 0 Å². The Morgan fingerprint density at radius 3 is 2.75 bits per heavy atom. The van der Waals surface area contributed by atoms with Crippen molar-refractivity contribution in [1.82, 2.24) is 0 Å². The molecule has 2 aliphatic carbocycles. The van der Waals surface area contributed by atoms with Gasteiger partial charge in [0.1, 0.15) is 0 Å². The summed E-state index contributed by atoms with van der Waals surface area (Å²) in [6.45, 7) is 8.09. The minimum Gasteiger partial charge on any atom is -0.370 e. The molecule has 90 valence electrons. The van der Waals surface area contributed by atoms with Gasteiger partial charge < -0.3 is 4.74 Å². The van der Waals surface area contributed by atoms with Gasteiger partial charge >= 0.3 is 0 Å². The molecular formula is C15H24O. The molecule has 0 aromatic heterocycles. The Labute approximate surface area is 99.3 Å². The molecule has 1 nitrogen and oxygen atoms in total. The smallest absolute Gasteiger partial charge is 0.0922 e. The third-order valence-electron chi connectivity index (χ3n) is 5.36. The number of allylic oxidation sites excluding steroid dienone is 2. The predicted octanol–water partition coefficient (Wildman–Crippen LogP) is 3.79. The van der Waals surface area contributed by atoms with E-state index >= 15 is 0 Å². The monoisotopic (exact) mass is 220 g/mol. The average molecular weight is 220 g/mol. The van der Waals surface area contributed by atoms with Crippen molar-refractivity contribution in [1.29, 1.82) is 0 Å². The van der Waals surface area contributed by atoms with Gasteiger partial charge in [0.05, 0.1) is 12.2 Å². The minimum absolute atomic E-state index is 0.233. The Morgan fingerprint density at radius 2 is 2.06 bits per heavy atom. The molecule has 0 spiro atoms. The van der Waals surface area contributed by atoms with Crippen molar-refractivity contribution in [3.63, 3.8) is 0 Å². The molecule has 1 heteroatoms. The van der Waals surface area contributed by atoms with Gasteiger partial charge in [-0.3, -0.25) is 0 Å². The zero-order valence-electron chi connectivity index (χ0n) is 10.8. The summed E-state index contributed by atoms with van der Waals surface area (Å²) in [6.07, 6.45) is 8.12. The summed E-state index contributed by atoms with van der Waals surface area (Å²) in [5, 5.41) is 0. The number of fused-ring (bicyclic) bond motifs is 1. The topological polar surface area (TPSA) is 12.5 Å². The van der Waals surface area contributed by atoms with Gasteiger partial charge in [0, 0.05) is 0 Å². The van der Waals surface area contributed by atoms with Crippen LogP contribution in [0.4, 0.5) is 0 Å². The SMILES string of the molecule is CC1=CC2C(CC1)[C@H](C)CCC2C1(C)CO1. The lowest BCUT2D eigenvalue weighted by Crippen LogP contribution is -2.40. The molecule has 0 bridgehead atoms. The molecular weight excluding hydrogens is 196 g/mol. The third-order valence-corrected chi connectivity index (χ3v) is 5.36. The number of ether oxygens (including phenoxy) is 1. The van der Waals surface area contributed by atoms with Crippen LogP contribution in [0.5, 0.6) is 0 Å². The fourth-order valence-corrected chi connectivity index (χ4v) is 4.09. The van der Waals surface area contributed by atoms with E-state index in [2.05, 4.69) is 26.8 Å². The van der Waals surface area contributed by atoms with E-state index < -0.39 is 0 Å². The summed E-state index contributed by atoms with van der Waals surface area (Å²) in [4.78, 5) is 0. The molecule has 1 aliphatic heterocycles. The normalized spacial score (nSPS) is 51.8. The highest BCUT2D eigenvalue weighted by Crippen LogP contribution is 2.53. The highest BCUT2D eigenvalue weighted by molar-refractivity contribution is 5.14. The summed E-state index contributed by atoms with van der Waals surface area (Å²) in [5.41, 5.74) is 1.85. The standard InChI is InChI=1S/C15H24O/c1-10-4-6-12-11(2)5-7-14(13(12)8-10)15(3)9-16-15/h8,11-14H,4-7,9H2,1-3H3/t11-,12?,13?,14?,15?/m1/s1. The van der Waals surface area contributed by atoms with Gasteiger partial charge in [0.25, 0.3) is 0 Å². The molecule has 0 radical (unpaired) electrons. The Bertz CT molecular complexity index is 313. The molecule has 1 saturated heterocycles. The van der Waals surface area contributed by atoms with Crippen LogP contribution in [0.3, 0.4) is 0 Å². The van der Waals surface area contributed by atoms with Crippen LogP contribution < -0.4 is 0 Å². The molecule has 0 aromatic rings. The van der Waals surface area contributed by atoms with Crippen LogP contribution in [0.15, 0.2) is 11.6 Å². The molecule has 1 heterocycles. The molecule has 0 amide bonds. The lowest BCUT2D eigenvalue weighted by Gasteiger charge is -2.45. The van der Waals surface area contributed by atoms with E-state index in [1.54, 1.807) is 5.57 Å². The maximum absolute atomic E-state index is 5.73. The number of rotatable bonds is 1. The Hall–Kier alpha value is -0.300. The second-order valence-corrected chi connectivity index (χ2v) is 6.56. The van der Waals surface area contributed by atoms with E-state index in [4.69, 9.17) is 4.74 Å². The Morgan fingerprint density at radius 1 is 1.31 bits per heavy atom. The quantitative estimate of drug-likeness (QED) is 0.484. The van der Waals surface area contributed by atoms with Crippen LogP contribution in [-0.4, -0.2) is 12.2 Å². The van der Waals surface area contributed by atoms with Crippen molar-refractivity contribution < 1.29 is 4.74 Å². The summed E-state index contributed by atoms with van der Waals surface area (Å²) >= 11 is 0. The summed E-state index contributed by atoms with van der Waals surface area (Å²) in [6, 6.07) is 0. The fraction of sp³-hybridized carbons (Fsp3) is 0.867. The first-order valence-corrected chi connectivity index (χ1v) is 6.91. The van der Waals surface area contributed by atoms with Gasteiger partial charge in [-0.2, -0.15) is 0 Å². The molecule has 5 atom stereocenters. The fourth-order valence-electron chi connectivity index (χ4n) is 4.09. The van der Waals surface area contributed by atoms with Gasteiger partial charge in [-0.1, -0.05) is 25.0 Å². The second kappa shape index (κ2) is 3.60. The number of epoxide rings is 1. The summed E-state index contributed by atoms with van der Waals surface area (Å²) < 4.78 is 5.73. The van der Waals surface area contributed by atoms with Crippen molar-refractivity contribution in [2.24, 2.45) is 23.7 Å². The van der Waals surface area contributed by atoms with Crippen molar-refractivity contribution in [3.8, 4) is 0 Å². The number of hydrogen-bond donors (Lipinski definition) is 0. The Balaban J connectivity index is 1.87. The molecule has 0 aromatic carbocycles. The first-order chi connectivity index (χ1) is 7.60. The predicted molar refractivity (Wildman–Crippen MR) is 66.2 cm³/mol. The van der Waals surface area contributed by atoms with Crippen molar-refractivity contribution in [2.45, 2.75) is 52.1 Å². The Kier molecular flexibility index (Phi) is 2.43. The second-order valence-electron chi connectivity index (χ2n) is 6.56. The lowest BCUT2D eigenvalue weighted by molar-refractivity contribution is 0.0637. The summed E-state index contributed by atoms with van der Waals surface area (Å²) in [5.74, 6) is 3.46. The maximum atomic E-state index is 5.73. The third kappa shape index (κ3) is 1.64. The van der Waals surface area contributed by atoms with E-state index in [1.165, 1.54) is 25.7 Å². The molecule has 3 rings (SSSR count). The van der Waals surface area contributed by atoms with E-state index in [-0.39, 0.29) is 5.60 Å². The minimum atomic E-state index is 0.233. The van der Waals surface area contributed by atoms with Crippen LogP contribution in [0.1, 0.15) is 46.5 Å². The van der Waals surface area contributed by atoms with Crippen LogP contribution in [-0.2, 0) is 4.74 Å². The van der Waals surface area contributed by atoms with Crippen molar-refractivity contribution >= 4 is 0 Å². The highest BCUT2D eigenvalue weighted by atomic mass is 16.6. The largest absolute Gasteiger partial charge is 0.370 e. The van der Waals surface area contributed by atoms with Gasteiger partial charge in [0.2, 0.25) is 0 Å². The van der Waals surface area contributed by atoms with Crippen LogP contribution in [0.2, 0.25) is 0 Å². The van der Waals surface area contributed by atoms with Crippen LogP contribution in [0.25, 0.3) is 0 Å². The van der Waals surface area contributed by atoms with Crippen LogP contribution >= 0.6 is 0 Å². The molecule has 16 heavy (non-hydrogen) atoms. The molecule has 1 saturated carbocycles. The summed E-state index contributed by atoms with van der Waals surface area (Å²) in [7, 11) is 0. The lowest BCUT2D eigenvalue weighted by atomic mass is 9.60. The van der Waals surface area contributed by atoms with Gasteiger partial charge in [0.15, 0.2) is 0 Å². The molecule has 4 unspecified atom stereocenters. The van der Waals surface area contributed by atoms with E-state index in [1.807, 2.05) is 0 Å². The molecule has 3 aliphatic rings. The number of hydrogen-bond acceptors (Lipinski definition) is 1. The van der Waals surface area contributed by atoms with Crippen LogP contribution in [0, 0.1) is 23.7 Å². The zero-order valence-corrected chi connectivity index (χ0v) is 10.8. The maximum Gasteiger partial charge on any atom is 0.0922 e. The van der Waals surface area contributed by atoms with Gasteiger partial charge in [-0.05, 0) is 56.8 Å². The first kappa shape index (κ1) is 10.8. The van der Waals surface area contributed by atoms with Crippen molar-refractivity contribution in [2.75, 3.05) is 6.61 Å². The van der Waals surface area contributed by atoms with Gasteiger partial charge in [-0.15, -0.1) is 0 Å². The zero-order chi connectivity index (χ0) is 11.3. The van der Waals surface area contributed by atoms with E-state index in [9.17, 15) is 0 Å². The highest BCUT2D eigenvalue weighted by Gasteiger charge is 2.53. The molecule has 0 N–H and O–H groups in total.